The molecule has 1 saturated heterocycles. The average molecular weight is 226 g/mol. The molecule has 0 aromatic carbocycles. The molecule has 2 fully saturated rings. The molecule has 5 nitrogen and oxygen atoms in total. The number of carboxylic acids is 1. The lowest BCUT2D eigenvalue weighted by Gasteiger charge is -2.19. The van der Waals surface area contributed by atoms with Gasteiger partial charge in [-0.1, -0.05) is 0 Å². The summed E-state index contributed by atoms with van der Waals surface area (Å²) in [7, 11) is 0. The monoisotopic (exact) mass is 226 g/mol. The molecule has 1 saturated carbocycles. The number of rotatable bonds is 4. The van der Waals surface area contributed by atoms with Crippen LogP contribution in [-0.4, -0.2) is 35.6 Å². The van der Waals surface area contributed by atoms with Gasteiger partial charge in [-0.05, 0) is 38.6 Å². The van der Waals surface area contributed by atoms with Crippen molar-refractivity contribution in [3.8, 4) is 0 Å². The molecule has 2 aliphatic rings. The van der Waals surface area contributed by atoms with E-state index in [2.05, 4.69) is 10.6 Å². The minimum absolute atomic E-state index is 0.0828. The summed E-state index contributed by atoms with van der Waals surface area (Å²) in [5.41, 5.74) is 0. The second-order valence-corrected chi connectivity index (χ2v) is 4.80. The van der Waals surface area contributed by atoms with Crippen molar-refractivity contribution in [1.82, 2.24) is 10.6 Å². The molecule has 1 heterocycles. The first kappa shape index (κ1) is 11.4. The smallest absolute Gasteiger partial charge is 0.326 e. The summed E-state index contributed by atoms with van der Waals surface area (Å²) < 4.78 is 0. The van der Waals surface area contributed by atoms with Crippen LogP contribution in [0, 0.1) is 11.8 Å². The predicted molar refractivity (Wildman–Crippen MR) is 57.9 cm³/mol. The quantitative estimate of drug-likeness (QED) is 0.628. The van der Waals surface area contributed by atoms with Gasteiger partial charge in [0.1, 0.15) is 6.04 Å². The molecule has 3 unspecified atom stereocenters. The normalized spacial score (nSPS) is 31.1. The van der Waals surface area contributed by atoms with Crippen molar-refractivity contribution in [2.45, 2.75) is 38.3 Å². The molecule has 1 aliphatic heterocycles. The van der Waals surface area contributed by atoms with Crippen molar-refractivity contribution in [1.29, 1.82) is 0 Å². The highest BCUT2D eigenvalue weighted by Gasteiger charge is 2.39. The third-order valence-electron chi connectivity index (χ3n) is 3.52. The first-order valence-corrected chi connectivity index (χ1v) is 5.86. The molecular formula is C11H18N2O3. The summed E-state index contributed by atoms with van der Waals surface area (Å²) in [5.74, 6) is -0.960. The molecule has 1 aliphatic carbocycles. The number of aliphatic carboxylic acids is 1. The minimum atomic E-state index is -0.908. The van der Waals surface area contributed by atoms with Crippen LogP contribution < -0.4 is 10.6 Å². The van der Waals surface area contributed by atoms with E-state index >= 15 is 0 Å². The summed E-state index contributed by atoms with van der Waals surface area (Å²) in [5, 5.41) is 14.9. The van der Waals surface area contributed by atoms with Crippen LogP contribution in [0.25, 0.3) is 0 Å². The van der Waals surface area contributed by atoms with Crippen LogP contribution in [0.2, 0.25) is 0 Å². The van der Waals surface area contributed by atoms with Gasteiger partial charge in [0.15, 0.2) is 0 Å². The van der Waals surface area contributed by atoms with E-state index in [1.54, 1.807) is 0 Å². The van der Waals surface area contributed by atoms with Crippen molar-refractivity contribution in [2.75, 3.05) is 6.54 Å². The van der Waals surface area contributed by atoms with Crippen LogP contribution in [0.4, 0.5) is 0 Å². The molecule has 3 N–H and O–H groups in total. The third-order valence-corrected chi connectivity index (χ3v) is 3.52. The van der Waals surface area contributed by atoms with E-state index in [1.165, 1.54) is 0 Å². The maximum absolute atomic E-state index is 11.9. The molecule has 0 spiro atoms. The Morgan fingerprint density at radius 2 is 2.06 bits per heavy atom. The Kier molecular flexibility index (Phi) is 3.14. The molecule has 90 valence electrons. The fourth-order valence-electron chi connectivity index (χ4n) is 2.29. The molecule has 3 atom stereocenters. The van der Waals surface area contributed by atoms with Gasteiger partial charge in [0.05, 0.1) is 5.92 Å². The van der Waals surface area contributed by atoms with Gasteiger partial charge in [-0.25, -0.2) is 4.79 Å². The highest BCUT2D eigenvalue weighted by molar-refractivity contribution is 5.86. The van der Waals surface area contributed by atoms with E-state index in [4.69, 9.17) is 5.11 Å². The predicted octanol–water partition coefficient (Wildman–Crippen LogP) is -0.0362. The standard InChI is InChI=1S/C11H18N2O3/c1-6-8(4-5-12-6)10(14)13-9(11(15)16)7-2-3-7/h6-9,12H,2-5H2,1H3,(H,13,14)(H,15,16). The highest BCUT2D eigenvalue weighted by Crippen LogP contribution is 2.33. The van der Waals surface area contributed by atoms with Crippen LogP contribution in [0.1, 0.15) is 26.2 Å². The summed E-state index contributed by atoms with van der Waals surface area (Å²) in [6, 6.07) is -0.533. The molecular weight excluding hydrogens is 208 g/mol. The zero-order valence-corrected chi connectivity index (χ0v) is 9.40. The van der Waals surface area contributed by atoms with Crippen molar-refractivity contribution in [2.24, 2.45) is 11.8 Å². The van der Waals surface area contributed by atoms with Gasteiger partial charge in [0, 0.05) is 6.04 Å². The fourth-order valence-corrected chi connectivity index (χ4v) is 2.29. The fraction of sp³-hybridized carbons (Fsp3) is 0.818. The van der Waals surface area contributed by atoms with Crippen molar-refractivity contribution >= 4 is 11.9 Å². The van der Waals surface area contributed by atoms with E-state index in [1.807, 2.05) is 6.92 Å². The van der Waals surface area contributed by atoms with Gasteiger partial charge in [0.2, 0.25) is 5.91 Å². The number of hydrogen-bond donors (Lipinski definition) is 3. The zero-order chi connectivity index (χ0) is 11.7. The van der Waals surface area contributed by atoms with Crippen molar-refractivity contribution < 1.29 is 14.7 Å². The number of nitrogens with one attached hydrogen (secondary N) is 2. The number of carbonyl (C=O) groups excluding carboxylic acids is 1. The van der Waals surface area contributed by atoms with Gasteiger partial charge in [-0.15, -0.1) is 0 Å². The molecule has 1 amide bonds. The van der Waals surface area contributed by atoms with E-state index in [-0.39, 0.29) is 23.8 Å². The molecule has 5 heteroatoms. The third kappa shape index (κ3) is 2.35. The van der Waals surface area contributed by atoms with Gasteiger partial charge in [0.25, 0.3) is 0 Å². The second-order valence-electron chi connectivity index (χ2n) is 4.80. The van der Waals surface area contributed by atoms with Gasteiger partial charge >= 0.3 is 5.97 Å². The van der Waals surface area contributed by atoms with Crippen LogP contribution >= 0.6 is 0 Å². The van der Waals surface area contributed by atoms with Crippen LogP contribution in [0.15, 0.2) is 0 Å². The minimum Gasteiger partial charge on any atom is -0.480 e. The van der Waals surface area contributed by atoms with E-state index < -0.39 is 12.0 Å². The van der Waals surface area contributed by atoms with E-state index in [0.29, 0.717) is 0 Å². The highest BCUT2D eigenvalue weighted by atomic mass is 16.4. The van der Waals surface area contributed by atoms with E-state index in [0.717, 1.165) is 25.8 Å². The first-order valence-electron chi connectivity index (χ1n) is 5.86. The summed E-state index contributed by atoms with van der Waals surface area (Å²) in [6.45, 7) is 2.80. The largest absolute Gasteiger partial charge is 0.480 e. The van der Waals surface area contributed by atoms with Crippen molar-refractivity contribution in [3.05, 3.63) is 0 Å². The Bertz CT molecular complexity index is 302. The summed E-state index contributed by atoms with van der Waals surface area (Å²) in [4.78, 5) is 22.9. The number of hydrogen-bond acceptors (Lipinski definition) is 3. The number of carbonyl (C=O) groups is 2. The first-order chi connectivity index (χ1) is 7.59. The molecule has 0 aromatic rings. The molecule has 0 bridgehead atoms. The van der Waals surface area contributed by atoms with Gasteiger partial charge in [-0.3, -0.25) is 4.79 Å². The van der Waals surface area contributed by atoms with Gasteiger partial charge < -0.3 is 15.7 Å². The maximum atomic E-state index is 11.9. The SMILES string of the molecule is CC1NCCC1C(=O)NC(C(=O)O)C1CC1. The van der Waals surface area contributed by atoms with E-state index in [9.17, 15) is 9.59 Å². The van der Waals surface area contributed by atoms with Crippen LogP contribution in [0.3, 0.4) is 0 Å². The Morgan fingerprint density at radius 3 is 2.50 bits per heavy atom. The second kappa shape index (κ2) is 4.41. The lowest BCUT2D eigenvalue weighted by molar-refractivity contribution is -0.143. The molecule has 16 heavy (non-hydrogen) atoms. The summed E-state index contributed by atoms with van der Waals surface area (Å²) >= 11 is 0. The van der Waals surface area contributed by atoms with Gasteiger partial charge in [-0.2, -0.15) is 0 Å². The Morgan fingerprint density at radius 1 is 1.38 bits per heavy atom. The lowest BCUT2D eigenvalue weighted by atomic mass is 10.0. The Hall–Kier alpha value is -1.10. The Labute approximate surface area is 94.6 Å². The van der Waals surface area contributed by atoms with Crippen molar-refractivity contribution in [3.63, 3.8) is 0 Å². The topological polar surface area (TPSA) is 78.4 Å². The molecule has 0 radical (unpaired) electrons. The lowest BCUT2D eigenvalue weighted by Crippen LogP contribution is -2.46. The number of carboxylic acid groups (broad SMARTS) is 1. The molecule has 0 aromatic heterocycles. The number of amides is 1. The zero-order valence-electron chi connectivity index (χ0n) is 9.40. The Balaban J connectivity index is 1.92. The maximum Gasteiger partial charge on any atom is 0.326 e. The summed E-state index contributed by atoms with van der Waals surface area (Å²) in [6.07, 6.45) is 2.62. The average Bonchev–Trinajstić information content (AvgIpc) is 2.96. The van der Waals surface area contributed by atoms with Crippen LogP contribution in [0.5, 0.6) is 0 Å². The van der Waals surface area contributed by atoms with Crippen LogP contribution in [-0.2, 0) is 9.59 Å². The molecule has 2 rings (SSSR count).